The number of furan rings is 1. The molecule has 1 aromatic heterocycles. The van der Waals surface area contributed by atoms with E-state index >= 15 is 0 Å². The summed E-state index contributed by atoms with van der Waals surface area (Å²) in [6.07, 6.45) is 2.41. The van der Waals surface area contributed by atoms with E-state index in [4.69, 9.17) is 16.0 Å². The van der Waals surface area contributed by atoms with Gasteiger partial charge in [-0.3, -0.25) is 10.1 Å². The zero-order valence-electron chi connectivity index (χ0n) is 14.3. The molecule has 0 aliphatic heterocycles. The summed E-state index contributed by atoms with van der Waals surface area (Å²) in [4.78, 5) is 12.2. The Labute approximate surface area is 158 Å². The van der Waals surface area contributed by atoms with E-state index in [-0.39, 0.29) is 18.5 Å². The van der Waals surface area contributed by atoms with Crippen molar-refractivity contribution in [1.82, 2.24) is 10.6 Å². The van der Waals surface area contributed by atoms with Crippen LogP contribution < -0.4 is 10.6 Å². The predicted molar refractivity (Wildman–Crippen MR) is 103 cm³/mol. The van der Waals surface area contributed by atoms with E-state index in [9.17, 15) is 4.79 Å². The first-order valence-electron chi connectivity index (χ1n) is 8.55. The maximum absolute atomic E-state index is 12.2. The zero-order valence-corrected chi connectivity index (χ0v) is 15.1. The van der Waals surface area contributed by atoms with Crippen LogP contribution in [0.2, 0.25) is 5.02 Å². The lowest BCUT2D eigenvalue weighted by Gasteiger charge is -2.17. The van der Waals surface area contributed by atoms with Gasteiger partial charge >= 0.3 is 0 Å². The van der Waals surface area contributed by atoms with Gasteiger partial charge in [-0.25, -0.2) is 0 Å². The molecule has 0 aliphatic rings. The van der Waals surface area contributed by atoms with Crippen molar-refractivity contribution >= 4 is 17.5 Å². The lowest BCUT2D eigenvalue weighted by molar-refractivity contribution is -0.120. The third-order valence-corrected chi connectivity index (χ3v) is 4.33. The number of nitrogens with one attached hydrogen (secondary N) is 2. The summed E-state index contributed by atoms with van der Waals surface area (Å²) in [7, 11) is 0. The number of benzene rings is 2. The maximum atomic E-state index is 12.2. The molecule has 1 amide bonds. The standard InChI is InChI=1S/C21H21ClN2O2/c22-18-10-8-16(9-11-18)12-13-23-20(25)15-24-21(19-7-4-14-26-19)17-5-2-1-3-6-17/h1-11,14,21,24H,12-13,15H2,(H,23,25)/t21-/m1/s1. The minimum absolute atomic E-state index is 0.0496. The molecule has 3 rings (SSSR count). The highest BCUT2D eigenvalue weighted by Crippen LogP contribution is 2.21. The molecule has 4 nitrogen and oxygen atoms in total. The SMILES string of the molecule is O=C(CN[C@H](c1ccccc1)c1ccco1)NCCc1ccc(Cl)cc1. The Bertz CT molecular complexity index is 802. The molecule has 0 saturated heterocycles. The number of carbonyl (C=O) groups excluding carboxylic acids is 1. The molecule has 134 valence electrons. The molecule has 1 atom stereocenters. The molecular formula is C21H21ClN2O2. The van der Waals surface area contributed by atoms with Crippen LogP contribution in [-0.4, -0.2) is 19.0 Å². The normalized spacial score (nSPS) is 11.9. The van der Waals surface area contributed by atoms with E-state index < -0.39 is 0 Å². The quantitative estimate of drug-likeness (QED) is 0.632. The van der Waals surface area contributed by atoms with Gasteiger partial charge in [0, 0.05) is 11.6 Å². The first-order valence-corrected chi connectivity index (χ1v) is 8.93. The third-order valence-electron chi connectivity index (χ3n) is 4.08. The Morgan fingerprint density at radius 2 is 1.77 bits per heavy atom. The molecule has 0 fully saturated rings. The van der Waals surface area contributed by atoms with Crippen LogP contribution >= 0.6 is 11.6 Å². The van der Waals surface area contributed by atoms with Crippen LogP contribution in [0.4, 0.5) is 0 Å². The molecule has 0 spiro atoms. The minimum Gasteiger partial charge on any atom is -0.467 e. The Morgan fingerprint density at radius 3 is 2.46 bits per heavy atom. The number of hydrogen-bond donors (Lipinski definition) is 2. The van der Waals surface area contributed by atoms with Crippen molar-refractivity contribution in [1.29, 1.82) is 0 Å². The molecule has 2 aromatic carbocycles. The Balaban J connectivity index is 1.50. The summed E-state index contributed by atoms with van der Waals surface area (Å²) in [6.45, 7) is 0.791. The van der Waals surface area contributed by atoms with Crippen molar-refractivity contribution in [2.45, 2.75) is 12.5 Å². The van der Waals surface area contributed by atoms with Crippen molar-refractivity contribution in [2.24, 2.45) is 0 Å². The molecular weight excluding hydrogens is 348 g/mol. The van der Waals surface area contributed by atoms with E-state index in [1.54, 1.807) is 6.26 Å². The third kappa shape index (κ3) is 5.22. The van der Waals surface area contributed by atoms with E-state index in [0.29, 0.717) is 11.6 Å². The Hall–Kier alpha value is -2.56. The van der Waals surface area contributed by atoms with Crippen LogP contribution in [0.3, 0.4) is 0 Å². The summed E-state index contributed by atoms with van der Waals surface area (Å²) >= 11 is 5.87. The van der Waals surface area contributed by atoms with E-state index in [1.807, 2.05) is 66.7 Å². The summed E-state index contributed by atoms with van der Waals surface area (Å²) in [6, 6.07) is 21.2. The second kappa shape index (κ2) is 9.22. The van der Waals surface area contributed by atoms with E-state index in [2.05, 4.69) is 10.6 Å². The maximum Gasteiger partial charge on any atom is 0.233 e. The lowest BCUT2D eigenvalue weighted by Crippen LogP contribution is -2.36. The van der Waals surface area contributed by atoms with Gasteiger partial charge < -0.3 is 9.73 Å². The fourth-order valence-corrected chi connectivity index (χ4v) is 2.86. The molecule has 0 unspecified atom stereocenters. The Kier molecular flexibility index (Phi) is 6.47. The average Bonchev–Trinajstić information content (AvgIpc) is 3.19. The number of halogens is 1. The van der Waals surface area contributed by atoms with E-state index in [1.165, 1.54) is 0 Å². The van der Waals surface area contributed by atoms with Gasteiger partial charge in [-0.05, 0) is 41.8 Å². The zero-order chi connectivity index (χ0) is 18.2. The number of hydrogen-bond acceptors (Lipinski definition) is 3. The van der Waals surface area contributed by atoms with Crippen molar-refractivity contribution in [3.8, 4) is 0 Å². The van der Waals surface area contributed by atoms with Crippen LogP contribution in [0.1, 0.15) is 22.9 Å². The monoisotopic (exact) mass is 368 g/mol. The van der Waals surface area contributed by atoms with Crippen LogP contribution in [0.5, 0.6) is 0 Å². The molecule has 3 aromatic rings. The van der Waals surface area contributed by atoms with Crippen molar-refractivity contribution < 1.29 is 9.21 Å². The molecule has 5 heteroatoms. The average molecular weight is 369 g/mol. The van der Waals surface area contributed by atoms with Gasteiger partial charge in [0.05, 0.1) is 18.8 Å². The largest absolute Gasteiger partial charge is 0.467 e. The first kappa shape index (κ1) is 18.2. The Morgan fingerprint density at radius 1 is 1.00 bits per heavy atom. The molecule has 0 radical (unpaired) electrons. The van der Waals surface area contributed by atoms with Crippen molar-refractivity contribution in [2.75, 3.05) is 13.1 Å². The van der Waals surface area contributed by atoms with Crippen LogP contribution in [-0.2, 0) is 11.2 Å². The smallest absolute Gasteiger partial charge is 0.233 e. The lowest BCUT2D eigenvalue weighted by atomic mass is 10.0. The molecule has 1 heterocycles. The fourth-order valence-electron chi connectivity index (χ4n) is 2.74. The van der Waals surface area contributed by atoms with Gasteiger partial charge in [0.15, 0.2) is 0 Å². The molecule has 0 aliphatic carbocycles. The van der Waals surface area contributed by atoms with Gasteiger partial charge in [0.25, 0.3) is 0 Å². The first-order chi connectivity index (χ1) is 12.7. The van der Waals surface area contributed by atoms with Gasteiger partial charge in [0.2, 0.25) is 5.91 Å². The number of rotatable bonds is 8. The fraction of sp³-hybridized carbons (Fsp3) is 0.190. The summed E-state index contributed by atoms with van der Waals surface area (Å²) in [5, 5.41) is 6.92. The second-order valence-electron chi connectivity index (χ2n) is 5.97. The van der Waals surface area contributed by atoms with Gasteiger partial charge in [-0.2, -0.15) is 0 Å². The summed E-state index contributed by atoms with van der Waals surface area (Å²) in [5.41, 5.74) is 2.19. The van der Waals surface area contributed by atoms with Crippen molar-refractivity contribution in [3.63, 3.8) is 0 Å². The highest BCUT2D eigenvalue weighted by Gasteiger charge is 2.17. The summed E-state index contributed by atoms with van der Waals surface area (Å²) in [5.74, 6) is 0.733. The highest BCUT2D eigenvalue weighted by atomic mass is 35.5. The second-order valence-corrected chi connectivity index (χ2v) is 6.40. The predicted octanol–water partition coefficient (Wildman–Crippen LogP) is 3.97. The topological polar surface area (TPSA) is 54.3 Å². The molecule has 0 bridgehead atoms. The molecule has 26 heavy (non-hydrogen) atoms. The highest BCUT2D eigenvalue weighted by molar-refractivity contribution is 6.30. The number of amides is 1. The molecule has 2 N–H and O–H groups in total. The van der Waals surface area contributed by atoms with E-state index in [0.717, 1.165) is 23.3 Å². The van der Waals surface area contributed by atoms with Gasteiger partial charge in [0.1, 0.15) is 5.76 Å². The van der Waals surface area contributed by atoms with Crippen LogP contribution in [0.25, 0.3) is 0 Å². The van der Waals surface area contributed by atoms with Crippen molar-refractivity contribution in [3.05, 3.63) is 94.9 Å². The minimum atomic E-state index is -0.159. The van der Waals surface area contributed by atoms with Gasteiger partial charge in [-0.15, -0.1) is 0 Å². The molecule has 0 saturated carbocycles. The number of carbonyl (C=O) groups is 1. The van der Waals surface area contributed by atoms with Crippen LogP contribution in [0, 0.1) is 0 Å². The van der Waals surface area contributed by atoms with Gasteiger partial charge in [-0.1, -0.05) is 54.1 Å². The summed E-state index contributed by atoms with van der Waals surface area (Å²) < 4.78 is 5.53. The van der Waals surface area contributed by atoms with Crippen LogP contribution in [0.15, 0.2) is 77.4 Å².